The van der Waals surface area contributed by atoms with Gasteiger partial charge in [0.15, 0.2) is 12.6 Å². The molecule has 0 aliphatic carbocycles. The molecule has 2 saturated heterocycles. The van der Waals surface area contributed by atoms with Crippen LogP contribution in [0.15, 0.2) is 48.5 Å². The second kappa shape index (κ2) is 8.65. The van der Waals surface area contributed by atoms with E-state index >= 15 is 0 Å². The van der Waals surface area contributed by atoms with Crippen LogP contribution in [0.4, 0.5) is 0 Å². The van der Waals surface area contributed by atoms with Crippen molar-refractivity contribution in [3.05, 3.63) is 69.7 Å². The number of hydrogen-bond donors (Lipinski definition) is 2. The van der Waals surface area contributed by atoms with Gasteiger partial charge in [-0.2, -0.15) is 0 Å². The molecule has 28 heavy (non-hydrogen) atoms. The maximum atomic E-state index is 10.4. The van der Waals surface area contributed by atoms with Gasteiger partial charge in [-0.05, 0) is 24.3 Å². The van der Waals surface area contributed by atoms with Crippen molar-refractivity contribution in [3.63, 3.8) is 0 Å². The summed E-state index contributed by atoms with van der Waals surface area (Å²) in [6.45, 7) is 0.0776. The number of aliphatic hydroxyl groups is 2. The normalized spacial score (nSPS) is 33.6. The fourth-order valence-electron chi connectivity index (χ4n) is 3.36. The molecule has 6 nitrogen and oxygen atoms in total. The summed E-state index contributed by atoms with van der Waals surface area (Å²) in [4.78, 5) is 0. The summed E-state index contributed by atoms with van der Waals surface area (Å²) in [5.74, 6) is 0. The molecule has 0 aromatic heterocycles. The van der Waals surface area contributed by atoms with Crippen LogP contribution in [0.25, 0.3) is 0 Å². The zero-order valence-corrected chi connectivity index (χ0v) is 16.3. The lowest BCUT2D eigenvalue weighted by Gasteiger charge is -2.43. The molecule has 0 saturated carbocycles. The average Bonchev–Trinajstić information content (AvgIpc) is 2.69. The molecule has 2 unspecified atom stereocenters. The van der Waals surface area contributed by atoms with Gasteiger partial charge in [0.2, 0.25) is 0 Å². The highest BCUT2D eigenvalue weighted by Gasteiger charge is 2.44. The van der Waals surface area contributed by atoms with Gasteiger partial charge < -0.3 is 29.2 Å². The van der Waals surface area contributed by atoms with E-state index in [9.17, 15) is 10.2 Å². The Morgan fingerprint density at radius 2 is 1.14 bits per heavy atom. The van der Waals surface area contributed by atoms with E-state index < -0.39 is 37.0 Å². The van der Waals surface area contributed by atoms with Gasteiger partial charge in [0.1, 0.15) is 24.4 Å². The first kappa shape index (κ1) is 20.1. The Hall–Kier alpha value is -1.22. The van der Waals surface area contributed by atoms with Crippen LogP contribution in [-0.2, 0) is 18.9 Å². The number of hydrogen-bond acceptors (Lipinski definition) is 6. The number of benzene rings is 2. The SMILES string of the molecule is O[C@@H]1COC(c2cccc(Cl)c2)O[C@@H]1[C@H]1OC(c2cccc(Cl)c2)OC[C@@H]1O. The van der Waals surface area contributed by atoms with Gasteiger partial charge in [-0.25, -0.2) is 0 Å². The van der Waals surface area contributed by atoms with Crippen LogP contribution in [-0.4, -0.2) is 47.8 Å². The zero-order valence-electron chi connectivity index (χ0n) is 14.8. The Labute approximate surface area is 172 Å². The van der Waals surface area contributed by atoms with Crippen molar-refractivity contribution in [3.8, 4) is 0 Å². The van der Waals surface area contributed by atoms with Crippen molar-refractivity contribution in [1.29, 1.82) is 0 Å². The number of halogens is 2. The molecule has 2 N–H and O–H groups in total. The second-order valence-corrected chi connectivity index (χ2v) is 7.65. The summed E-state index contributed by atoms with van der Waals surface area (Å²) in [6, 6.07) is 14.2. The van der Waals surface area contributed by atoms with E-state index in [1.165, 1.54) is 0 Å². The number of aliphatic hydroxyl groups excluding tert-OH is 2. The van der Waals surface area contributed by atoms with E-state index in [1.54, 1.807) is 36.4 Å². The van der Waals surface area contributed by atoms with Gasteiger partial charge in [0.05, 0.1) is 13.2 Å². The second-order valence-electron chi connectivity index (χ2n) is 6.78. The molecule has 2 heterocycles. The van der Waals surface area contributed by atoms with Gasteiger partial charge in [-0.15, -0.1) is 0 Å². The first-order chi connectivity index (χ1) is 13.5. The Kier molecular flexibility index (Phi) is 6.20. The van der Waals surface area contributed by atoms with Crippen LogP contribution >= 0.6 is 23.2 Å². The summed E-state index contributed by atoms with van der Waals surface area (Å²) in [7, 11) is 0. The third-order valence-electron chi connectivity index (χ3n) is 4.72. The predicted molar refractivity (Wildman–Crippen MR) is 102 cm³/mol. The van der Waals surface area contributed by atoms with Crippen LogP contribution in [0.2, 0.25) is 10.0 Å². The van der Waals surface area contributed by atoms with Crippen molar-refractivity contribution >= 4 is 23.2 Å². The van der Waals surface area contributed by atoms with Gasteiger partial charge >= 0.3 is 0 Å². The lowest BCUT2D eigenvalue weighted by molar-refractivity contribution is -0.331. The molecule has 0 bridgehead atoms. The van der Waals surface area contributed by atoms with E-state index in [-0.39, 0.29) is 13.2 Å². The van der Waals surface area contributed by atoms with Crippen LogP contribution in [0, 0.1) is 0 Å². The van der Waals surface area contributed by atoms with Crippen LogP contribution < -0.4 is 0 Å². The largest absolute Gasteiger partial charge is 0.388 e. The third kappa shape index (κ3) is 4.35. The molecule has 6 atom stereocenters. The minimum absolute atomic E-state index is 0.0388. The molecule has 0 radical (unpaired) electrons. The standard InChI is InChI=1S/C20H20Cl2O6/c21-13-5-1-3-11(7-13)19-25-9-15(23)17(27-19)18-16(24)10-26-20(28-18)12-4-2-6-14(22)8-12/h1-8,15-20,23-24H,9-10H2/t15-,16+,17-,18-,19?,20?/m0/s1. The fraction of sp³-hybridized carbons (Fsp3) is 0.400. The smallest absolute Gasteiger partial charge is 0.184 e. The zero-order chi connectivity index (χ0) is 19.7. The number of ether oxygens (including phenoxy) is 4. The predicted octanol–water partition coefficient (Wildman–Crippen LogP) is 3.24. The highest BCUT2D eigenvalue weighted by Crippen LogP contribution is 2.35. The topological polar surface area (TPSA) is 77.4 Å². The fourth-order valence-corrected chi connectivity index (χ4v) is 3.75. The van der Waals surface area contributed by atoms with E-state index in [0.717, 1.165) is 11.1 Å². The summed E-state index contributed by atoms with van der Waals surface area (Å²) in [6.07, 6.45) is -5.00. The maximum absolute atomic E-state index is 10.4. The molecule has 2 aliphatic heterocycles. The van der Waals surface area contributed by atoms with E-state index in [2.05, 4.69) is 0 Å². The quantitative estimate of drug-likeness (QED) is 0.784. The van der Waals surface area contributed by atoms with Gasteiger partial charge in [-0.1, -0.05) is 47.5 Å². The third-order valence-corrected chi connectivity index (χ3v) is 5.19. The molecule has 2 fully saturated rings. The molecule has 0 spiro atoms. The highest BCUT2D eigenvalue weighted by atomic mass is 35.5. The van der Waals surface area contributed by atoms with Crippen molar-refractivity contribution in [1.82, 2.24) is 0 Å². The highest BCUT2D eigenvalue weighted by molar-refractivity contribution is 6.30. The molecular weight excluding hydrogens is 407 g/mol. The lowest BCUT2D eigenvalue weighted by atomic mass is 10.0. The monoisotopic (exact) mass is 426 g/mol. The summed E-state index contributed by atoms with van der Waals surface area (Å²) >= 11 is 12.1. The Balaban J connectivity index is 1.53. The van der Waals surface area contributed by atoms with Gasteiger partial charge in [-0.3, -0.25) is 0 Å². The van der Waals surface area contributed by atoms with E-state index in [0.29, 0.717) is 10.0 Å². The molecule has 150 valence electrons. The van der Waals surface area contributed by atoms with E-state index in [4.69, 9.17) is 42.1 Å². The Morgan fingerprint density at radius 1 is 0.714 bits per heavy atom. The van der Waals surface area contributed by atoms with Crippen molar-refractivity contribution in [2.24, 2.45) is 0 Å². The van der Waals surface area contributed by atoms with Gasteiger partial charge in [0.25, 0.3) is 0 Å². The molecule has 2 aromatic carbocycles. The van der Waals surface area contributed by atoms with Crippen LogP contribution in [0.1, 0.15) is 23.7 Å². The van der Waals surface area contributed by atoms with Crippen molar-refractivity contribution in [2.75, 3.05) is 13.2 Å². The molecule has 8 heteroatoms. The minimum atomic E-state index is -0.965. The average molecular weight is 427 g/mol. The minimum Gasteiger partial charge on any atom is -0.388 e. The summed E-state index contributed by atoms with van der Waals surface area (Å²) < 4.78 is 23.1. The first-order valence-corrected chi connectivity index (χ1v) is 9.68. The Morgan fingerprint density at radius 3 is 1.54 bits per heavy atom. The molecule has 4 rings (SSSR count). The van der Waals surface area contributed by atoms with Crippen molar-refractivity contribution in [2.45, 2.75) is 37.0 Å². The molecule has 2 aliphatic rings. The summed E-state index contributed by atoms with van der Waals surface area (Å²) in [5, 5.41) is 22.0. The van der Waals surface area contributed by atoms with Crippen LogP contribution in [0.5, 0.6) is 0 Å². The number of rotatable bonds is 3. The summed E-state index contributed by atoms with van der Waals surface area (Å²) in [5.41, 5.74) is 1.44. The van der Waals surface area contributed by atoms with Crippen LogP contribution in [0.3, 0.4) is 0 Å². The molecule has 2 aromatic rings. The Bertz CT molecular complexity index is 751. The lowest BCUT2D eigenvalue weighted by Crippen LogP contribution is -2.55. The van der Waals surface area contributed by atoms with Gasteiger partial charge in [0, 0.05) is 21.2 Å². The molecular formula is C20H20Cl2O6. The van der Waals surface area contributed by atoms with E-state index in [1.807, 2.05) is 12.1 Å². The molecule has 0 amide bonds. The maximum Gasteiger partial charge on any atom is 0.184 e. The first-order valence-electron chi connectivity index (χ1n) is 8.92. The van der Waals surface area contributed by atoms with Crippen molar-refractivity contribution < 1.29 is 29.2 Å².